The van der Waals surface area contributed by atoms with Gasteiger partial charge in [0.05, 0.1) is 24.9 Å². The highest BCUT2D eigenvalue weighted by molar-refractivity contribution is 5.90. The van der Waals surface area contributed by atoms with Crippen molar-refractivity contribution in [3.8, 4) is 0 Å². The molecule has 0 saturated heterocycles. The van der Waals surface area contributed by atoms with Gasteiger partial charge >= 0.3 is 12.0 Å². The first-order valence-electron chi connectivity index (χ1n) is 6.32. The van der Waals surface area contributed by atoms with Crippen LogP contribution in [-0.4, -0.2) is 24.1 Å². The fraction of sp³-hybridized carbons (Fsp3) is 0.133. The van der Waals surface area contributed by atoms with Crippen LogP contribution in [0.15, 0.2) is 48.7 Å². The van der Waals surface area contributed by atoms with E-state index in [1.54, 1.807) is 24.3 Å². The van der Waals surface area contributed by atoms with E-state index in [1.807, 2.05) is 18.2 Å². The van der Waals surface area contributed by atoms with E-state index in [0.29, 0.717) is 16.9 Å². The SMILES string of the molecule is COC(=O)c1ccnc(CNC(=O)Nc2ccccc2)c1. The van der Waals surface area contributed by atoms with Crippen molar-refractivity contribution >= 4 is 17.7 Å². The Morgan fingerprint density at radius 2 is 1.95 bits per heavy atom. The number of ether oxygens (including phenoxy) is 1. The zero-order chi connectivity index (χ0) is 15.1. The highest BCUT2D eigenvalue weighted by atomic mass is 16.5. The molecule has 6 heteroatoms. The molecule has 0 fully saturated rings. The third-order valence-corrected chi connectivity index (χ3v) is 2.70. The van der Waals surface area contributed by atoms with Crippen LogP contribution in [-0.2, 0) is 11.3 Å². The Balaban J connectivity index is 1.91. The van der Waals surface area contributed by atoms with Gasteiger partial charge in [0.15, 0.2) is 0 Å². The second-order valence-electron chi connectivity index (χ2n) is 4.20. The minimum Gasteiger partial charge on any atom is -0.465 e. The molecule has 0 atom stereocenters. The Hall–Kier alpha value is -2.89. The molecular formula is C15H15N3O3. The Morgan fingerprint density at radius 3 is 2.67 bits per heavy atom. The van der Waals surface area contributed by atoms with Crippen molar-refractivity contribution in [1.82, 2.24) is 10.3 Å². The topological polar surface area (TPSA) is 80.3 Å². The quantitative estimate of drug-likeness (QED) is 0.844. The molecule has 21 heavy (non-hydrogen) atoms. The van der Waals surface area contributed by atoms with E-state index in [1.165, 1.54) is 13.3 Å². The second-order valence-corrected chi connectivity index (χ2v) is 4.20. The van der Waals surface area contributed by atoms with Crippen LogP contribution >= 0.6 is 0 Å². The van der Waals surface area contributed by atoms with Crippen LogP contribution in [0, 0.1) is 0 Å². The Labute approximate surface area is 122 Å². The number of benzene rings is 1. The number of para-hydroxylation sites is 1. The van der Waals surface area contributed by atoms with Gasteiger partial charge < -0.3 is 15.4 Å². The van der Waals surface area contributed by atoms with E-state index < -0.39 is 5.97 Å². The van der Waals surface area contributed by atoms with Crippen LogP contribution in [0.5, 0.6) is 0 Å². The molecule has 2 rings (SSSR count). The molecule has 2 aromatic rings. The van der Waals surface area contributed by atoms with Crippen molar-refractivity contribution in [2.45, 2.75) is 6.54 Å². The molecule has 6 nitrogen and oxygen atoms in total. The van der Waals surface area contributed by atoms with Gasteiger partial charge in [0.25, 0.3) is 0 Å². The maximum Gasteiger partial charge on any atom is 0.337 e. The van der Waals surface area contributed by atoms with E-state index >= 15 is 0 Å². The molecule has 108 valence electrons. The molecule has 0 aliphatic rings. The number of rotatable bonds is 4. The van der Waals surface area contributed by atoms with Gasteiger partial charge in [0.2, 0.25) is 0 Å². The Morgan fingerprint density at radius 1 is 1.19 bits per heavy atom. The summed E-state index contributed by atoms with van der Waals surface area (Å²) >= 11 is 0. The van der Waals surface area contributed by atoms with Gasteiger partial charge in [-0.2, -0.15) is 0 Å². The average molecular weight is 285 g/mol. The number of urea groups is 1. The number of hydrogen-bond acceptors (Lipinski definition) is 4. The van der Waals surface area contributed by atoms with Crippen molar-refractivity contribution < 1.29 is 14.3 Å². The van der Waals surface area contributed by atoms with Crippen LogP contribution in [0.25, 0.3) is 0 Å². The molecule has 0 saturated carbocycles. The third kappa shape index (κ3) is 4.31. The molecule has 0 unspecified atom stereocenters. The number of hydrogen-bond donors (Lipinski definition) is 2. The van der Waals surface area contributed by atoms with Crippen molar-refractivity contribution in [2.75, 3.05) is 12.4 Å². The van der Waals surface area contributed by atoms with Crippen LogP contribution in [0.2, 0.25) is 0 Å². The van der Waals surface area contributed by atoms with Crippen molar-refractivity contribution in [3.63, 3.8) is 0 Å². The number of aromatic nitrogens is 1. The summed E-state index contributed by atoms with van der Waals surface area (Å²) in [5, 5.41) is 5.36. The summed E-state index contributed by atoms with van der Waals surface area (Å²) in [4.78, 5) is 27.2. The number of nitrogens with one attached hydrogen (secondary N) is 2. The highest BCUT2D eigenvalue weighted by Gasteiger charge is 2.07. The summed E-state index contributed by atoms with van der Waals surface area (Å²) in [7, 11) is 1.31. The number of nitrogens with zero attached hydrogens (tertiary/aromatic N) is 1. The lowest BCUT2D eigenvalue weighted by atomic mass is 10.2. The number of pyridine rings is 1. The molecule has 0 spiro atoms. The normalized spacial score (nSPS) is 9.76. The third-order valence-electron chi connectivity index (χ3n) is 2.70. The van der Waals surface area contributed by atoms with E-state index in [0.717, 1.165) is 0 Å². The first-order chi connectivity index (χ1) is 10.2. The maximum atomic E-state index is 11.7. The van der Waals surface area contributed by atoms with Crippen molar-refractivity contribution in [2.24, 2.45) is 0 Å². The van der Waals surface area contributed by atoms with Gasteiger partial charge in [-0.1, -0.05) is 18.2 Å². The summed E-state index contributed by atoms with van der Waals surface area (Å²) in [6, 6.07) is 11.9. The predicted octanol–water partition coefficient (Wildman–Crippen LogP) is 2.19. The average Bonchev–Trinajstić information content (AvgIpc) is 2.53. The van der Waals surface area contributed by atoms with Gasteiger partial charge in [-0.25, -0.2) is 9.59 Å². The fourth-order valence-electron chi connectivity index (χ4n) is 1.69. The highest BCUT2D eigenvalue weighted by Crippen LogP contribution is 2.05. The Kier molecular flexibility index (Phi) is 4.87. The monoisotopic (exact) mass is 285 g/mol. The zero-order valence-corrected chi connectivity index (χ0v) is 11.5. The molecule has 2 amide bonds. The summed E-state index contributed by atoms with van der Waals surface area (Å²) in [5.41, 5.74) is 1.67. The fourth-order valence-corrected chi connectivity index (χ4v) is 1.69. The number of esters is 1. The first-order valence-corrected chi connectivity index (χ1v) is 6.32. The smallest absolute Gasteiger partial charge is 0.337 e. The van der Waals surface area contributed by atoms with E-state index in [9.17, 15) is 9.59 Å². The number of anilines is 1. The minimum absolute atomic E-state index is 0.212. The summed E-state index contributed by atoms with van der Waals surface area (Å²) in [6.45, 7) is 0.212. The lowest BCUT2D eigenvalue weighted by Gasteiger charge is -2.07. The van der Waals surface area contributed by atoms with Crippen LogP contribution in [0.4, 0.5) is 10.5 Å². The maximum absolute atomic E-state index is 11.7. The standard InChI is InChI=1S/C15H15N3O3/c1-21-14(19)11-7-8-16-13(9-11)10-17-15(20)18-12-5-3-2-4-6-12/h2-9H,10H2,1H3,(H2,17,18,20). The van der Waals surface area contributed by atoms with Crippen LogP contribution < -0.4 is 10.6 Å². The van der Waals surface area contributed by atoms with E-state index in [2.05, 4.69) is 20.4 Å². The first kappa shape index (κ1) is 14.5. The van der Waals surface area contributed by atoms with Gasteiger partial charge in [0.1, 0.15) is 0 Å². The molecule has 1 aromatic carbocycles. The summed E-state index contributed by atoms with van der Waals surface area (Å²) in [6.07, 6.45) is 1.50. The lowest BCUT2D eigenvalue weighted by Crippen LogP contribution is -2.28. The second kappa shape index (κ2) is 7.04. The molecule has 1 aromatic heterocycles. The van der Waals surface area contributed by atoms with Gasteiger partial charge in [-0.05, 0) is 24.3 Å². The largest absolute Gasteiger partial charge is 0.465 e. The minimum atomic E-state index is -0.438. The van der Waals surface area contributed by atoms with Gasteiger partial charge in [0, 0.05) is 11.9 Å². The van der Waals surface area contributed by atoms with E-state index in [-0.39, 0.29) is 12.6 Å². The molecule has 0 aliphatic carbocycles. The van der Waals surface area contributed by atoms with Crippen LogP contribution in [0.3, 0.4) is 0 Å². The lowest BCUT2D eigenvalue weighted by molar-refractivity contribution is 0.0600. The van der Waals surface area contributed by atoms with Crippen molar-refractivity contribution in [3.05, 3.63) is 59.9 Å². The Bertz CT molecular complexity index is 629. The van der Waals surface area contributed by atoms with Gasteiger partial charge in [-0.15, -0.1) is 0 Å². The number of amides is 2. The number of carbonyl (C=O) groups excluding carboxylic acids is 2. The summed E-state index contributed by atoms with van der Waals surface area (Å²) < 4.78 is 4.63. The molecule has 0 bridgehead atoms. The van der Waals surface area contributed by atoms with Crippen molar-refractivity contribution in [1.29, 1.82) is 0 Å². The number of methoxy groups -OCH3 is 1. The predicted molar refractivity (Wildman–Crippen MR) is 77.9 cm³/mol. The zero-order valence-electron chi connectivity index (χ0n) is 11.5. The van der Waals surface area contributed by atoms with Crippen LogP contribution in [0.1, 0.15) is 16.1 Å². The van der Waals surface area contributed by atoms with Gasteiger partial charge in [-0.3, -0.25) is 4.98 Å². The molecular weight excluding hydrogens is 270 g/mol. The molecule has 0 aliphatic heterocycles. The molecule has 2 N–H and O–H groups in total. The van der Waals surface area contributed by atoms with E-state index in [4.69, 9.17) is 0 Å². The number of carbonyl (C=O) groups is 2. The summed E-state index contributed by atoms with van der Waals surface area (Å²) in [5.74, 6) is -0.438. The molecule has 0 radical (unpaired) electrons. The molecule has 1 heterocycles.